The van der Waals surface area contributed by atoms with Crippen molar-refractivity contribution in [3.8, 4) is 0 Å². The van der Waals surface area contributed by atoms with E-state index in [0.29, 0.717) is 19.0 Å². The third kappa shape index (κ3) is 5.14. The van der Waals surface area contributed by atoms with E-state index < -0.39 is 0 Å². The van der Waals surface area contributed by atoms with Gasteiger partial charge < -0.3 is 14.8 Å². The normalized spacial score (nSPS) is 16.4. The summed E-state index contributed by atoms with van der Waals surface area (Å²) in [5, 5.41) is 3.34. The molecule has 0 aromatic carbocycles. The van der Waals surface area contributed by atoms with Crippen molar-refractivity contribution in [1.29, 1.82) is 0 Å². The molecule has 0 saturated carbocycles. The molecule has 2 aromatic rings. The Balaban J connectivity index is 0.00000225. The molecule has 0 spiro atoms. The van der Waals surface area contributed by atoms with Gasteiger partial charge in [0, 0.05) is 23.7 Å². The Morgan fingerprint density at radius 3 is 2.96 bits per heavy atom. The van der Waals surface area contributed by atoms with Crippen molar-refractivity contribution in [3.63, 3.8) is 0 Å². The molecule has 2 aromatic heterocycles. The highest BCUT2D eigenvalue weighted by molar-refractivity contribution is 7.09. The monoisotopic (exact) mass is 382 g/mol. The number of nitrogens with zero attached hydrogens (tertiary/aromatic N) is 3. The minimum Gasteiger partial charge on any atom is -0.336 e. The van der Waals surface area contributed by atoms with E-state index >= 15 is 0 Å². The minimum atomic E-state index is -0.151. The summed E-state index contributed by atoms with van der Waals surface area (Å²) in [6.45, 7) is 5.27. The van der Waals surface area contributed by atoms with Gasteiger partial charge in [0.1, 0.15) is 6.54 Å². The summed E-state index contributed by atoms with van der Waals surface area (Å²) in [6.07, 6.45) is 2.74. The lowest BCUT2D eigenvalue weighted by Gasteiger charge is -2.25. The van der Waals surface area contributed by atoms with Gasteiger partial charge in [0.25, 0.3) is 5.56 Å². The third-order valence-electron chi connectivity index (χ3n) is 4.38. The van der Waals surface area contributed by atoms with Gasteiger partial charge in [-0.2, -0.15) is 0 Å². The second kappa shape index (κ2) is 9.12. The van der Waals surface area contributed by atoms with Crippen LogP contribution < -0.4 is 10.9 Å². The van der Waals surface area contributed by atoms with Gasteiger partial charge in [-0.3, -0.25) is 9.59 Å². The van der Waals surface area contributed by atoms with Crippen LogP contribution in [0.25, 0.3) is 0 Å². The SMILES string of the molecule is Cc1ncsc1CN(CC1CCNC1)C(=O)Cn1ccccc1=O.Cl. The molecule has 0 radical (unpaired) electrons. The molecule has 1 unspecified atom stereocenters. The largest absolute Gasteiger partial charge is 0.336 e. The number of hydrogen-bond acceptors (Lipinski definition) is 5. The number of amides is 1. The zero-order valence-electron chi connectivity index (χ0n) is 14.2. The van der Waals surface area contributed by atoms with E-state index in [0.717, 1.165) is 30.1 Å². The van der Waals surface area contributed by atoms with E-state index in [4.69, 9.17) is 0 Å². The summed E-state index contributed by atoms with van der Waals surface area (Å²) in [6, 6.07) is 4.94. The molecule has 25 heavy (non-hydrogen) atoms. The van der Waals surface area contributed by atoms with Gasteiger partial charge in [0.2, 0.25) is 5.91 Å². The molecule has 1 atom stereocenters. The summed E-state index contributed by atoms with van der Waals surface area (Å²) in [5.41, 5.74) is 2.63. The standard InChI is InChI=1S/C17H22N4O2S.ClH/c1-13-15(24-12-19-13)10-21(9-14-5-6-18-8-14)17(23)11-20-7-3-2-4-16(20)22;/h2-4,7,12,14,18H,5-6,8-11H2,1H3;1H. The summed E-state index contributed by atoms with van der Waals surface area (Å²) in [7, 11) is 0. The maximum Gasteiger partial charge on any atom is 0.250 e. The smallest absolute Gasteiger partial charge is 0.250 e. The number of rotatable bonds is 6. The first kappa shape index (κ1) is 19.6. The molecule has 1 aliphatic rings. The van der Waals surface area contributed by atoms with Crippen LogP contribution in [0.15, 0.2) is 34.7 Å². The molecule has 0 bridgehead atoms. The first-order valence-electron chi connectivity index (χ1n) is 8.16. The maximum absolute atomic E-state index is 12.8. The molecule has 136 valence electrons. The molecule has 8 heteroatoms. The summed E-state index contributed by atoms with van der Waals surface area (Å²) < 4.78 is 1.46. The van der Waals surface area contributed by atoms with Crippen molar-refractivity contribution in [2.24, 2.45) is 5.92 Å². The van der Waals surface area contributed by atoms with Crippen LogP contribution in [0.3, 0.4) is 0 Å². The van der Waals surface area contributed by atoms with E-state index in [-0.39, 0.29) is 30.4 Å². The van der Waals surface area contributed by atoms with Crippen LogP contribution in [-0.4, -0.2) is 40.0 Å². The Morgan fingerprint density at radius 2 is 2.32 bits per heavy atom. The summed E-state index contributed by atoms with van der Waals surface area (Å²) >= 11 is 1.57. The Kier molecular flexibility index (Phi) is 7.16. The highest BCUT2D eigenvalue weighted by atomic mass is 35.5. The predicted octanol–water partition coefficient (Wildman–Crippen LogP) is 1.67. The van der Waals surface area contributed by atoms with Crippen LogP contribution in [0.2, 0.25) is 0 Å². The molecule has 0 aliphatic carbocycles. The van der Waals surface area contributed by atoms with Crippen molar-refractivity contribution in [2.75, 3.05) is 19.6 Å². The molecular formula is C17H23ClN4O2S. The first-order valence-corrected chi connectivity index (χ1v) is 9.04. The average Bonchev–Trinajstić information content (AvgIpc) is 3.21. The van der Waals surface area contributed by atoms with Crippen LogP contribution in [0.5, 0.6) is 0 Å². The maximum atomic E-state index is 12.8. The van der Waals surface area contributed by atoms with Gasteiger partial charge in [-0.05, 0) is 38.4 Å². The number of aromatic nitrogens is 2. The quantitative estimate of drug-likeness (QED) is 0.825. The Labute approximate surface area is 157 Å². The van der Waals surface area contributed by atoms with Gasteiger partial charge in [0.05, 0.1) is 17.7 Å². The summed E-state index contributed by atoms with van der Waals surface area (Å²) in [4.78, 5) is 31.9. The number of carbonyl (C=O) groups excluding carboxylic acids is 1. The van der Waals surface area contributed by atoms with E-state index in [2.05, 4.69) is 10.3 Å². The van der Waals surface area contributed by atoms with Gasteiger partial charge in [-0.15, -0.1) is 23.7 Å². The van der Waals surface area contributed by atoms with Crippen molar-refractivity contribution in [2.45, 2.75) is 26.4 Å². The summed E-state index contributed by atoms with van der Waals surface area (Å²) in [5.74, 6) is 0.442. The third-order valence-corrected chi connectivity index (χ3v) is 5.30. The molecule has 1 fully saturated rings. The minimum absolute atomic E-state index is 0. The number of carbonyl (C=O) groups is 1. The molecule has 1 aliphatic heterocycles. The Bertz CT molecular complexity index is 755. The lowest BCUT2D eigenvalue weighted by Crippen LogP contribution is -2.39. The predicted molar refractivity (Wildman–Crippen MR) is 101 cm³/mol. The van der Waals surface area contributed by atoms with Crippen LogP contribution in [0.1, 0.15) is 17.0 Å². The number of hydrogen-bond donors (Lipinski definition) is 1. The number of halogens is 1. The highest BCUT2D eigenvalue weighted by Crippen LogP contribution is 2.18. The number of thiazole rings is 1. The van der Waals surface area contributed by atoms with Crippen molar-refractivity contribution < 1.29 is 4.79 Å². The fraction of sp³-hybridized carbons (Fsp3) is 0.471. The molecule has 1 saturated heterocycles. The molecule has 1 N–H and O–H groups in total. The molecule has 3 rings (SSSR count). The van der Waals surface area contributed by atoms with Gasteiger partial charge in [-0.1, -0.05) is 6.07 Å². The lowest BCUT2D eigenvalue weighted by atomic mass is 10.1. The second-order valence-electron chi connectivity index (χ2n) is 6.16. The van der Waals surface area contributed by atoms with E-state index in [1.807, 2.05) is 17.3 Å². The zero-order valence-corrected chi connectivity index (χ0v) is 15.8. The van der Waals surface area contributed by atoms with Crippen LogP contribution in [0.4, 0.5) is 0 Å². The number of pyridine rings is 1. The Morgan fingerprint density at radius 1 is 1.48 bits per heavy atom. The van der Waals surface area contributed by atoms with E-state index in [1.54, 1.807) is 29.7 Å². The van der Waals surface area contributed by atoms with Gasteiger partial charge in [-0.25, -0.2) is 4.98 Å². The van der Waals surface area contributed by atoms with E-state index in [1.165, 1.54) is 10.6 Å². The van der Waals surface area contributed by atoms with Crippen LogP contribution >= 0.6 is 23.7 Å². The molecule has 1 amide bonds. The zero-order chi connectivity index (χ0) is 16.9. The topological polar surface area (TPSA) is 67.2 Å². The first-order chi connectivity index (χ1) is 11.6. The van der Waals surface area contributed by atoms with Crippen LogP contribution in [0, 0.1) is 12.8 Å². The molecule has 3 heterocycles. The number of aryl methyl sites for hydroxylation is 1. The average molecular weight is 383 g/mol. The van der Waals surface area contributed by atoms with Crippen molar-refractivity contribution in [3.05, 3.63) is 50.8 Å². The van der Waals surface area contributed by atoms with Gasteiger partial charge >= 0.3 is 0 Å². The second-order valence-corrected chi connectivity index (χ2v) is 7.10. The van der Waals surface area contributed by atoms with E-state index in [9.17, 15) is 9.59 Å². The number of nitrogens with one attached hydrogen (secondary N) is 1. The lowest BCUT2D eigenvalue weighted by molar-refractivity contribution is -0.133. The van der Waals surface area contributed by atoms with Gasteiger partial charge in [0.15, 0.2) is 0 Å². The highest BCUT2D eigenvalue weighted by Gasteiger charge is 2.23. The molecular weight excluding hydrogens is 360 g/mol. The fourth-order valence-electron chi connectivity index (χ4n) is 2.92. The van der Waals surface area contributed by atoms with Crippen molar-refractivity contribution in [1.82, 2.24) is 19.8 Å². The van der Waals surface area contributed by atoms with Crippen LogP contribution in [-0.2, 0) is 17.9 Å². The van der Waals surface area contributed by atoms with Crippen molar-refractivity contribution >= 4 is 29.7 Å². The Hall–Kier alpha value is -1.70. The molecule has 6 nitrogen and oxygen atoms in total. The fourth-order valence-corrected chi connectivity index (χ4v) is 3.72.